The quantitative estimate of drug-likeness (QED) is 0.906. The van der Waals surface area contributed by atoms with Crippen LogP contribution in [0.5, 0.6) is 0 Å². The third kappa shape index (κ3) is 6.63. The fraction of sp³-hybridized carbons (Fsp3) is 0.588. The summed E-state index contributed by atoms with van der Waals surface area (Å²) in [5, 5.41) is 0. The molecule has 0 heterocycles. The lowest BCUT2D eigenvalue weighted by atomic mass is 10.1. The maximum atomic E-state index is 12.2. The highest BCUT2D eigenvalue weighted by Crippen LogP contribution is 2.13. The van der Waals surface area contributed by atoms with Crippen LogP contribution in [-0.2, 0) is 11.2 Å². The Morgan fingerprint density at radius 1 is 1.24 bits per heavy atom. The number of carbonyl (C=O) groups excluding carboxylic acids is 1. The summed E-state index contributed by atoms with van der Waals surface area (Å²) in [6, 6.07) is 10.0. The van der Waals surface area contributed by atoms with Gasteiger partial charge in [-0.25, -0.2) is 4.79 Å². The molecule has 0 aliphatic carbocycles. The fourth-order valence-corrected chi connectivity index (χ4v) is 2.05. The summed E-state index contributed by atoms with van der Waals surface area (Å²) in [6.07, 6.45) is 0.438. The van der Waals surface area contributed by atoms with Gasteiger partial charge >= 0.3 is 6.09 Å². The van der Waals surface area contributed by atoms with Crippen LogP contribution in [0.15, 0.2) is 30.3 Å². The standard InChI is InChI=1S/C17H28N2O2/c1-13(2)19(16(20)21-17(3,4)5)12-15(18)11-14-9-7-6-8-10-14/h6-10,13,15H,11-12,18H2,1-5H3/t15-/m1/s1. The van der Waals surface area contributed by atoms with Crippen molar-refractivity contribution in [2.75, 3.05) is 6.54 Å². The van der Waals surface area contributed by atoms with E-state index in [0.717, 1.165) is 6.42 Å². The molecule has 0 aliphatic heterocycles. The molecule has 118 valence electrons. The lowest BCUT2D eigenvalue weighted by Gasteiger charge is -2.32. The summed E-state index contributed by atoms with van der Waals surface area (Å²) < 4.78 is 5.44. The minimum Gasteiger partial charge on any atom is -0.444 e. The average molecular weight is 292 g/mol. The van der Waals surface area contributed by atoms with Gasteiger partial charge in [-0.3, -0.25) is 0 Å². The highest BCUT2D eigenvalue weighted by Gasteiger charge is 2.25. The van der Waals surface area contributed by atoms with Crippen molar-refractivity contribution in [3.05, 3.63) is 35.9 Å². The molecule has 4 nitrogen and oxygen atoms in total. The molecule has 1 aromatic rings. The highest BCUT2D eigenvalue weighted by molar-refractivity contribution is 5.68. The molecule has 0 bridgehead atoms. The predicted molar refractivity (Wildman–Crippen MR) is 86.2 cm³/mol. The molecular weight excluding hydrogens is 264 g/mol. The zero-order valence-electron chi connectivity index (χ0n) is 13.8. The normalized spacial score (nSPS) is 13.1. The summed E-state index contributed by atoms with van der Waals surface area (Å²) in [7, 11) is 0. The van der Waals surface area contributed by atoms with Gasteiger partial charge in [-0.05, 0) is 46.6 Å². The Hall–Kier alpha value is -1.55. The number of hydrogen-bond acceptors (Lipinski definition) is 3. The first-order valence-corrected chi connectivity index (χ1v) is 7.48. The van der Waals surface area contributed by atoms with Gasteiger partial charge in [-0.15, -0.1) is 0 Å². The van der Waals surface area contributed by atoms with Gasteiger partial charge in [0.25, 0.3) is 0 Å². The molecule has 1 rings (SSSR count). The number of amides is 1. The van der Waals surface area contributed by atoms with Crippen LogP contribution in [-0.4, -0.2) is 35.2 Å². The van der Waals surface area contributed by atoms with E-state index >= 15 is 0 Å². The lowest BCUT2D eigenvalue weighted by molar-refractivity contribution is 0.0178. The molecule has 0 saturated carbocycles. The van der Waals surface area contributed by atoms with Crippen LogP contribution >= 0.6 is 0 Å². The number of hydrogen-bond donors (Lipinski definition) is 1. The second-order valence-electron chi connectivity index (χ2n) is 6.68. The molecule has 0 spiro atoms. The molecule has 0 unspecified atom stereocenters. The van der Waals surface area contributed by atoms with E-state index in [1.807, 2.05) is 65.0 Å². The number of nitrogens with zero attached hydrogens (tertiary/aromatic N) is 1. The van der Waals surface area contributed by atoms with Gasteiger partial charge in [-0.2, -0.15) is 0 Å². The van der Waals surface area contributed by atoms with Gasteiger partial charge in [0.2, 0.25) is 0 Å². The predicted octanol–water partition coefficient (Wildman–Crippen LogP) is 3.20. The first kappa shape index (κ1) is 17.5. The molecular formula is C17H28N2O2. The molecule has 4 heteroatoms. The van der Waals surface area contributed by atoms with E-state index in [0.29, 0.717) is 6.54 Å². The molecule has 0 saturated heterocycles. The summed E-state index contributed by atoms with van der Waals surface area (Å²) in [5.41, 5.74) is 6.88. The number of benzene rings is 1. The van der Waals surface area contributed by atoms with Crippen molar-refractivity contribution >= 4 is 6.09 Å². The second kappa shape index (κ2) is 7.46. The number of ether oxygens (including phenoxy) is 1. The zero-order chi connectivity index (χ0) is 16.0. The van der Waals surface area contributed by atoms with E-state index in [-0.39, 0.29) is 18.2 Å². The van der Waals surface area contributed by atoms with Gasteiger partial charge in [0.15, 0.2) is 0 Å². The largest absolute Gasteiger partial charge is 0.444 e. The average Bonchev–Trinajstić information content (AvgIpc) is 2.34. The molecule has 0 fully saturated rings. The third-order valence-corrected chi connectivity index (χ3v) is 3.02. The minimum atomic E-state index is -0.492. The van der Waals surface area contributed by atoms with Crippen LogP contribution in [0.25, 0.3) is 0 Å². The van der Waals surface area contributed by atoms with Crippen LogP contribution in [0, 0.1) is 0 Å². The summed E-state index contributed by atoms with van der Waals surface area (Å²) in [6.45, 7) is 10.0. The minimum absolute atomic E-state index is 0.0571. The van der Waals surface area contributed by atoms with E-state index in [1.54, 1.807) is 4.90 Å². The van der Waals surface area contributed by atoms with Crippen molar-refractivity contribution in [1.29, 1.82) is 0 Å². The van der Waals surface area contributed by atoms with Crippen molar-refractivity contribution in [1.82, 2.24) is 4.90 Å². The summed E-state index contributed by atoms with van der Waals surface area (Å²) >= 11 is 0. The van der Waals surface area contributed by atoms with Crippen molar-refractivity contribution in [2.24, 2.45) is 5.73 Å². The lowest BCUT2D eigenvalue weighted by Crippen LogP contribution is -2.47. The maximum Gasteiger partial charge on any atom is 0.410 e. The highest BCUT2D eigenvalue weighted by atomic mass is 16.6. The van der Waals surface area contributed by atoms with Gasteiger partial charge in [0.05, 0.1) is 0 Å². The van der Waals surface area contributed by atoms with Crippen LogP contribution in [0.1, 0.15) is 40.2 Å². The van der Waals surface area contributed by atoms with E-state index in [9.17, 15) is 4.79 Å². The molecule has 1 aromatic carbocycles. The third-order valence-electron chi connectivity index (χ3n) is 3.02. The van der Waals surface area contributed by atoms with Gasteiger partial charge in [0, 0.05) is 18.6 Å². The molecule has 2 N–H and O–H groups in total. The Balaban J connectivity index is 2.63. The molecule has 21 heavy (non-hydrogen) atoms. The number of rotatable bonds is 5. The monoisotopic (exact) mass is 292 g/mol. The van der Waals surface area contributed by atoms with Crippen molar-refractivity contribution in [3.8, 4) is 0 Å². The first-order chi connectivity index (χ1) is 9.69. The molecule has 0 aliphatic rings. The maximum absolute atomic E-state index is 12.2. The Kier molecular flexibility index (Phi) is 6.21. The Morgan fingerprint density at radius 2 is 1.81 bits per heavy atom. The van der Waals surface area contributed by atoms with Crippen LogP contribution in [0.3, 0.4) is 0 Å². The Labute approximate surface area is 128 Å². The van der Waals surface area contributed by atoms with Gasteiger partial charge < -0.3 is 15.4 Å². The van der Waals surface area contributed by atoms with Gasteiger partial charge in [-0.1, -0.05) is 30.3 Å². The molecule has 0 aromatic heterocycles. The van der Waals surface area contributed by atoms with Gasteiger partial charge in [0.1, 0.15) is 5.60 Å². The van der Waals surface area contributed by atoms with Crippen molar-refractivity contribution in [3.63, 3.8) is 0 Å². The van der Waals surface area contributed by atoms with Crippen LogP contribution < -0.4 is 5.73 Å². The summed E-state index contributed by atoms with van der Waals surface area (Å²) in [5.74, 6) is 0. The van der Waals surface area contributed by atoms with Crippen molar-refractivity contribution < 1.29 is 9.53 Å². The van der Waals surface area contributed by atoms with E-state index < -0.39 is 5.60 Å². The van der Waals surface area contributed by atoms with Crippen molar-refractivity contribution in [2.45, 2.75) is 58.7 Å². The van der Waals surface area contributed by atoms with E-state index in [4.69, 9.17) is 10.5 Å². The zero-order valence-corrected chi connectivity index (χ0v) is 13.8. The smallest absolute Gasteiger partial charge is 0.410 e. The Morgan fingerprint density at radius 3 is 2.29 bits per heavy atom. The fourth-order valence-electron chi connectivity index (χ4n) is 2.05. The molecule has 1 atom stereocenters. The molecule has 0 radical (unpaired) electrons. The van der Waals surface area contributed by atoms with E-state index in [1.165, 1.54) is 5.56 Å². The first-order valence-electron chi connectivity index (χ1n) is 7.48. The second-order valence-corrected chi connectivity index (χ2v) is 6.68. The van der Waals surface area contributed by atoms with E-state index in [2.05, 4.69) is 0 Å². The SMILES string of the molecule is CC(C)N(C[C@H](N)Cc1ccccc1)C(=O)OC(C)(C)C. The Bertz CT molecular complexity index is 438. The number of nitrogens with two attached hydrogens (primary N) is 1. The topological polar surface area (TPSA) is 55.6 Å². The number of carbonyl (C=O) groups is 1. The van der Waals surface area contributed by atoms with Crippen LogP contribution in [0.2, 0.25) is 0 Å². The summed E-state index contributed by atoms with van der Waals surface area (Å²) in [4.78, 5) is 13.9. The van der Waals surface area contributed by atoms with Crippen LogP contribution in [0.4, 0.5) is 4.79 Å². The molecule has 1 amide bonds.